The maximum Gasteiger partial charge on any atom is 0.323 e. The zero-order chi connectivity index (χ0) is 15.7. The molecule has 1 aromatic carbocycles. The van der Waals surface area contributed by atoms with Crippen LogP contribution in [-0.2, 0) is 0 Å². The number of pyridine rings is 1. The normalized spacial score (nSPS) is 10.6. The highest BCUT2D eigenvalue weighted by Gasteiger charge is 2.09. The van der Waals surface area contributed by atoms with Gasteiger partial charge in [-0.25, -0.2) is 9.78 Å². The van der Waals surface area contributed by atoms with Gasteiger partial charge < -0.3 is 20.2 Å². The molecule has 0 aliphatic rings. The van der Waals surface area contributed by atoms with Crippen LogP contribution in [-0.4, -0.2) is 35.0 Å². The number of aromatic nitrogens is 3. The van der Waals surface area contributed by atoms with Crippen LogP contribution in [0.1, 0.15) is 10.4 Å². The van der Waals surface area contributed by atoms with E-state index in [4.69, 9.17) is 0 Å². The number of rotatable bonds is 3. The van der Waals surface area contributed by atoms with Crippen LogP contribution in [0.5, 0.6) is 0 Å². The Labute approximate surface area is 126 Å². The Balaban J connectivity index is 1.86. The van der Waals surface area contributed by atoms with E-state index in [0.29, 0.717) is 28.1 Å². The first-order valence-corrected chi connectivity index (χ1v) is 6.70. The Kier molecular flexibility index (Phi) is 3.38. The summed E-state index contributed by atoms with van der Waals surface area (Å²) in [6, 6.07) is 8.54. The average Bonchev–Trinajstić information content (AvgIpc) is 2.86. The third-order valence-corrected chi connectivity index (χ3v) is 3.24. The number of nitrogens with zero attached hydrogens (tertiary/aromatic N) is 2. The fourth-order valence-corrected chi connectivity index (χ4v) is 2.12. The van der Waals surface area contributed by atoms with Crippen LogP contribution in [0.4, 0.5) is 11.5 Å². The van der Waals surface area contributed by atoms with Crippen molar-refractivity contribution >= 4 is 28.4 Å². The van der Waals surface area contributed by atoms with Gasteiger partial charge in [-0.2, -0.15) is 0 Å². The third kappa shape index (κ3) is 2.69. The van der Waals surface area contributed by atoms with Crippen LogP contribution in [0.15, 0.2) is 41.3 Å². The first-order valence-electron chi connectivity index (χ1n) is 6.70. The van der Waals surface area contributed by atoms with Gasteiger partial charge in [0.05, 0.1) is 11.0 Å². The van der Waals surface area contributed by atoms with Gasteiger partial charge >= 0.3 is 5.69 Å². The largest absolute Gasteiger partial charge is 0.363 e. The molecule has 2 heterocycles. The quantitative estimate of drug-likeness (QED) is 0.684. The zero-order valence-corrected chi connectivity index (χ0v) is 12.2. The number of hydrogen-bond acceptors (Lipinski definition) is 4. The Morgan fingerprint density at radius 2 is 1.91 bits per heavy atom. The maximum absolute atomic E-state index is 12.3. The van der Waals surface area contributed by atoms with Crippen LogP contribution < -0.4 is 15.9 Å². The smallest absolute Gasteiger partial charge is 0.323 e. The van der Waals surface area contributed by atoms with Crippen molar-refractivity contribution in [3.8, 4) is 0 Å². The molecule has 7 heteroatoms. The predicted octanol–water partition coefficient (Wildman–Crippen LogP) is 1.57. The summed E-state index contributed by atoms with van der Waals surface area (Å²) in [4.78, 5) is 34.8. The number of anilines is 2. The molecule has 0 spiro atoms. The summed E-state index contributed by atoms with van der Waals surface area (Å²) in [7, 11) is 3.72. The van der Waals surface area contributed by atoms with Gasteiger partial charge in [-0.1, -0.05) is 0 Å². The van der Waals surface area contributed by atoms with E-state index in [1.165, 1.54) is 0 Å². The van der Waals surface area contributed by atoms with E-state index in [1.54, 1.807) is 36.5 Å². The SMILES string of the molecule is CN(C)c1cc(C(=O)Nc2ccc3[nH]c(=O)[nH]c3c2)ccn1. The van der Waals surface area contributed by atoms with Gasteiger partial charge in [-0.15, -0.1) is 0 Å². The van der Waals surface area contributed by atoms with Crippen molar-refractivity contribution in [3.63, 3.8) is 0 Å². The fraction of sp³-hybridized carbons (Fsp3) is 0.133. The molecule has 0 bridgehead atoms. The minimum Gasteiger partial charge on any atom is -0.363 e. The molecule has 0 atom stereocenters. The second kappa shape index (κ2) is 5.36. The molecule has 0 unspecified atom stereocenters. The number of benzene rings is 1. The highest BCUT2D eigenvalue weighted by Crippen LogP contribution is 2.16. The molecule has 3 rings (SSSR count). The lowest BCUT2D eigenvalue weighted by Crippen LogP contribution is -2.15. The molecule has 0 fully saturated rings. The van der Waals surface area contributed by atoms with Gasteiger partial charge in [0.25, 0.3) is 5.91 Å². The molecule has 0 saturated heterocycles. The van der Waals surface area contributed by atoms with Crippen molar-refractivity contribution in [1.82, 2.24) is 15.0 Å². The van der Waals surface area contributed by atoms with E-state index in [2.05, 4.69) is 20.3 Å². The van der Waals surface area contributed by atoms with Crippen LogP contribution in [0.2, 0.25) is 0 Å². The summed E-state index contributed by atoms with van der Waals surface area (Å²) in [5, 5.41) is 2.80. The Morgan fingerprint density at radius 3 is 2.68 bits per heavy atom. The first kappa shape index (κ1) is 13.9. The van der Waals surface area contributed by atoms with Crippen LogP contribution in [0, 0.1) is 0 Å². The van der Waals surface area contributed by atoms with E-state index in [0.717, 1.165) is 0 Å². The molecular weight excluding hydrogens is 282 g/mol. The predicted molar refractivity (Wildman–Crippen MR) is 85.4 cm³/mol. The minimum atomic E-state index is -0.275. The Morgan fingerprint density at radius 1 is 1.14 bits per heavy atom. The van der Waals surface area contributed by atoms with Crippen molar-refractivity contribution in [1.29, 1.82) is 0 Å². The Hall–Kier alpha value is -3.09. The number of fused-ring (bicyclic) bond motifs is 1. The molecule has 112 valence electrons. The van der Waals surface area contributed by atoms with Crippen molar-refractivity contribution in [3.05, 3.63) is 52.6 Å². The van der Waals surface area contributed by atoms with Gasteiger partial charge in [0.2, 0.25) is 0 Å². The molecule has 3 N–H and O–H groups in total. The van der Waals surface area contributed by atoms with Crippen molar-refractivity contribution in [2.75, 3.05) is 24.3 Å². The summed E-state index contributed by atoms with van der Waals surface area (Å²) < 4.78 is 0. The zero-order valence-electron chi connectivity index (χ0n) is 12.2. The minimum absolute atomic E-state index is 0.234. The topological polar surface area (TPSA) is 93.9 Å². The molecule has 7 nitrogen and oxygen atoms in total. The monoisotopic (exact) mass is 297 g/mol. The number of carbonyl (C=O) groups excluding carboxylic acids is 1. The molecule has 1 amide bonds. The van der Waals surface area contributed by atoms with E-state index in [9.17, 15) is 9.59 Å². The number of H-pyrrole nitrogens is 2. The van der Waals surface area contributed by atoms with E-state index in [-0.39, 0.29) is 11.6 Å². The maximum atomic E-state index is 12.3. The summed E-state index contributed by atoms with van der Waals surface area (Å²) in [5.74, 6) is 0.473. The highest BCUT2D eigenvalue weighted by molar-refractivity contribution is 6.05. The van der Waals surface area contributed by atoms with E-state index >= 15 is 0 Å². The molecule has 0 aliphatic carbocycles. The average molecular weight is 297 g/mol. The highest BCUT2D eigenvalue weighted by atomic mass is 16.2. The number of nitrogens with one attached hydrogen (secondary N) is 3. The third-order valence-electron chi connectivity index (χ3n) is 3.24. The van der Waals surface area contributed by atoms with Crippen LogP contribution >= 0.6 is 0 Å². The standard InChI is InChI=1S/C15H15N5O2/c1-20(2)13-7-9(5-6-16-13)14(21)17-10-3-4-11-12(8-10)19-15(22)18-11/h3-8H,1-2H3,(H,17,21)(H2,18,19,22). The van der Waals surface area contributed by atoms with Crippen molar-refractivity contribution in [2.45, 2.75) is 0 Å². The number of imidazole rings is 1. The summed E-state index contributed by atoms with van der Waals surface area (Å²) in [5.41, 5.74) is 2.19. The molecule has 0 radical (unpaired) electrons. The molecular formula is C15H15N5O2. The van der Waals surface area contributed by atoms with Gasteiger partial charge in [0.15, 0.2) is 0 Å². The molecule has 0 saturated carbocycles. The van der Waals surface area contributed by atoms with Crippen LogP contribution in [0.25, 0.3) is 11.0 Å². The lowest BCUT2D eigenvalue weighted by molar-refractivity contribution is 0.102. The van der Waals surface area contributed by atoms with Crippen molar-refractivity contribution < 1.29 is 4.79 Å². The number of amides is 1. The Bertz CT molecular complexity index is 894. The number of aromatic amines is 2. The second-order valence-electron chi connectivity index (χ2n) is 5.09. The fourth-order valence-electron chi connectivity index (χ4n) is 2.12. The van der Waals surface area contributed by atoms with Crippen LogP contribution in [0.3, 0.4) is 0 Å². The summed E-state index contributed by atoms with van der Waals surface area (Å²) >= 11 is 0. The first-order chi connectivity index (χ1) is 10.5. The van der Waals surface area contributed by atoms with E-state index < -0.39 is 0 Å². The molecule has 2 aromatic heterocycles. The molecule has 0 aliphatic heterocycles. The molecule has 3 aromatic rings. The second-order valence-corrected chi connectivity index (χ2v) is 5.09. The summed E-state index contributed by atoms with van der Waals surface area (Å²) in [6.45, 7) is 0. The lowest BCUT2D eigenvalue weighted by Gasteiger charge is -2.12. The lowest BCUT2D eigenvalue weighted by atomic mass is 10.2. The van der Waals surface area contributed by atoms with E-state index in [1.807, 2.05) is 19.0 Å². The van der Waals surface area contributed by atoms with Gasteiger partial charge in [-0.3, -0.25) is 4.79 Å². The van der Waals surface area contributed by atoms with Gasteiger partial charge in [0, 0.05) is 31.5 Å². The number of carbonyl (C=O) groups is 1. The summed E-state index contributed by atoms with van der Waals surface area (Å²) in [6.07, 6.45) is 1.59. The molecule has 22 heavy (non-hydrogen) atoms. The van der Waals surface area contributed by atoms with Gasteiger partial charge in [0.1, 0.15) is 5.82 Å². The van der Waals surface area contributed by atoms with Crippen molar-refractivity contribution in [2.24, 2.45) is 0 Å². The van der Waals surface area contributed by atoms with Gasteiger partial charge in [-0.05, 0) is 30.3 Å². The number of hydrogen-bond donors (Lipinski definition) is 3.